The lowest BCUT2D eigenvalue weighted by Crippen LogP contribution is -2.51. The third-order valence-corrected chi connectivity index (χ3v) is 6.32. The molecule has 0 radical (unpaired) electrons. The maximum absolute atomic E-state index is 13.2. The van der Waals surface area contributed by atoms with Crippen molar-refractivity contribution in [2.24, 2.45) is 5.41 Å². The van der Waals surface area contributed by atoms with E-state index in [2.05, 4.69) is 17.9 Å². The molecule has 2 aliphatic rings. The number of fused-ring (bicyclic) bond motifs is 1. The van der Waals surface area contributed by atoms with Crippen LogP contribution in [0.4, 0.5) is 5.82 Å². The standard InChI is InChI=1S/C22H29N3O3/c1-16-5-3-6-17-13-18(14-26)20(23-19(16)17)25-10-8-22(15-25)7-4-9-24(21(22)27)11-12-28-2/h3,5-6,13,26H,4,7-12,14-15H2,1-2H3/t22-/m0/s1. The fraction of sp³-hybridized carbons (Fsp3) is 0.545. The number of anilines is 1. The van der Waals surface area contributed by atoms with Crippen LogP contribution in [0.5, 0.6) is 0 Å². The molecule has 0 saturated carbocycles. The molecule has 1 aromatic heterocycles. The highest BCUT2D eigenvalue weighted by Crippen LogP contribution is 2.42. The Morgan fingerprint density at radius 3 is 2.93 bits per heavy atom. The summed E-state index contributed by atoms with van der Waals surface area (Å²) in [4.78, 5) is 22.3. The lowest BCUT2D eigenvalue weighted by Gasteiger charge is -2.39. The number of nitrogens with zero attached hydrogens (tertiary/aromatic N) is 3. The Balaban J connectivity index is 1.63. The van der Waals surface area contributed by atoms with Crippen molar-refractivity contribution in [3.8, 4) is 0 Å². The van der Waals surface area contributed by atoms with Crippen LogP contribution in [-0.2, 0) is 16.1 Å². The highest BCUT2D eigenvalue weighted by atomic mass is 16.5. The number of pyridine rings is 1. The molecule has 3 heterocycles. The fourth-order valence-electron chi connectivity index (χ4n) is 4.77. The van der Waals surface area contributed by atoms with Crippen LogP contribution in [-0.4, -0.2) is 60.8 Å². The molecule has 150 valence electrons. The first-order chi connectivity index (χ1) is 13.6. The number of methoxy groups -OCH3 is 1. The summed E-state index contributed by atoms with van der Waals surface area (Å²) in [5, 5.41) is 11.0. The summed E-state index contributed by atoms with van der Waals surface area (Å²) in [5.74, 6) is 1.07. The topological polar surface area (TPSA) is 65.9 Å². The van der Waals surface area contributed by atoms with E-state index >= 15 is 0 Å². The van der Waals surface area contributed by atoms with Gasteiger partial charge in [-0.15, -0.1) is 0 Å². The highest BCUT2D eigenvalue weighted by Gasteiger charge is 2.48. The predicted octanol–water partition coefficient (Wildman–Crippen LogP) is 2.50. The predicted molar refractivity (Wildman–Crippen MR) is 109 cm³/mol. The fourth-order valence-corrected chi connectivity index (χ4v) is 4.77. The number of carbonyl (C=O) groups excluding carboxylic acids is 1. The van der Waals surface area contributed by atoms with E-state index in [0.29, 0.717) is 19.7 Å². The molecule has 6 heteroatoms. The van der Waals surface area contributed by atoms with Gasteiger partial charge in [-0.05, 0) is 37.8 Å². The van der Waals surface area contributed by atoms with Gasteiger partial charge in [0.05, 0.1) is 24.1 Å². The van der Waals surface area contributed by atoms with E-state index in [1.165, 1.54) is 0 Å². The zero-order chi connectivity index (χ0) is 19.7. The molecule has 0 aliphatic carbocycles. The van der Waals surface area contributed by atoms with Crippen LogP contribution < -0.4 is 4.90 Å². The maximum atomic E-state index is 13.2. The van der Waals surface area contributed by atoms with E-state index in [1.807, 2.05) is 23.1 Å². The van der Waals surface area contributed by atoms with Crippen LogP contribution in [0, 0.1) is 12.3 Å². The molecule has 4 rings (SSSR count). The van der Waals surface area contributed by atoms with E-state index in [0.717, 1.165) is 60.2 Å². The minimum absolute atomic E-state index is 0.0520. The number of ether oxygens (including phenoxy) is 1. The number of rotatable bonds is 5. The zero-order valence-electron chi connectivity index (χ0n) is 16.8. The number of likely N-dealkylation sites (tertiary alicyclic amines) is 1. The number of piperidine rings is 1. The van der Waals surface area contributed by atoms with Gasteiger partial charge in [-0.25, -0.2) is 4.98 Å². The number of para-hydroxylation sites is 1. The molecular formula is C22H29N3O3. The van der Waals surface area contributed by atoms with Crippen LogP contribution in [0.3, 0.4) is 0 Å². The first-order valence-electron chi connectivity index (χ1n) is 10.1. The van der Waals surface area contributed by atoms with Crippen LogP contribution in [0.1, 0.15) is 30.4 Å². The number of benzene rings is 1. The molecule has 1 aromatic carbocycles. The van der Waals surface area contributed by atoms with Crippen molar-refractivity contribution in [1.29, 1.82) is 0 Å². The number of hydrogen-bond acceptors (Lipinski definition) is 5. The van der Waals surface area contributed by atoms with E-state index in [4.69, 9.17) is 9.72 Å². The van der Waals surface area contributed by atoms with Gasteiger partial charge in [0.1, 0.15) is 5.82 Å². The zero-order valence-corrected chi connectivity index (χ0v) is 16.8. The Morgan fingerprint density at radius 1 is 1.29 bits per heavy atom. The summed E-state index contributed by atoms with van der Waals surface area (Å²) in [5.41, 5.74) is 2.58. The molecular weight excluding hydrogens is 354 g/mol. The maximum Gasteiger partial charge on any atom is 0.230 e. The van der Waals surface area contributed by atoms with Crippen molar-refractivity contribution in [3.63, 3.8) is 0 Å². The summed E-state index contributed by atoms with van der Waals surface area (Å²) >= 11 is 0. The minimum Gasteiger partial charge on any atom is -0.392 e. The summed E-state index contributed by atoms with van der Waals surface area (Å²) in [6.07, 6.45) is 2.79. The normalized spacial score (nSPS) is 22.6. The van der Waals surface area contributed by atoms with E-state index < -0.39 is 0 Å². The monoisotopic (exact) mass is 383 g/mol. The first kappa shape index (κ1) is 19.2. The van der Waals surface area contributed by atoms with Gasteiger partial charge in [0, 0.05) is 44.2 Å². The second kappa shape index (κ2) is 7.68. The van der Waals surface area contributed by atoms with Crippen LogP contribution in [0.15, 0.2) is 24.3 Å². The average molecular weight is 383 g/mol. The van der Waals surface area contributed by atoms with Crippen molar-refractivity contribution in [3.05, 3.63) is 35.4 Å². The third-order valence-electron chi connectivity index (χ3n) is 6.32. The van der Waals surface area contributed by atoms with Gasteiger partial charge < -0.3 is 19.6 Å². The second-order valence-electron chi connectivity index (χ2n) is 8.12. The second-order valence-corrected chi connectivity index (χ2v) is 8.12. The SMILES string of the molecule is COCCN1CCC[C@@]2(CCN(c3nc4c(C)cccc4cc3CO)C2)C1=O. The van der Waals surface area contributed by atoms with E-state index in [1.54, 1.807) is 7.11 Å². The molecule has 6 nitrogen and oxygen atoms in total. The Morgan fingerprint density at radius 2 is 2.14 bits per heavy atom. The molecule has 28 heavy (non-hydrogen) atoms. The summed E-state index contributed by atoms with van der Waals surface area (Å²) < 4.78 is 5.17. The number of amides is 1. The Labute approximate surface area is 166 Å². The van der Waals surface area contributed by atoms with Gasteiger partial charge in [-0.2, -0.15) is 0 Å². The first-order valence-corrected chi connectivity index (χ1v) is 10.1. The molecule has 2 aliphatic heterocycles. The number of aryl methyl sites for hydroxylation is 1. The van der Waals surface area contributed by atoms with Crippen molar-refractivity contribution in [2.75, 3.05) is 44.8 Å². The van der Waals surface area contributed by atoms with E-state index in [-0.39, 0.29) is 17.9 Å². The van der Waals surface area contributed by atoms with Gasteiger partial charge in [0.15, 0.2) is 0 Å². The number of aliphatic hydroxyl groups excluding tert-OH is 1. The number of aliphatic hydroxyl groups is 1. The Bertz CT molecular complexity index is 885. The third kappa shape index (κ3) is 3.25. The quantitative estimate of drug-likeness (QED) is 0.859. The molecule has 1 amide bonds. The molecule has 1 N–H and O–H groups in total. The van der Waals surface area contributed by atoms with Crippen molar-refractivity contribution < 1.29 is 14.6 Å². The van der Waals surface area contributed by atoms with Gasteiger partial charge >= 0.3 is 0 Å². The van der Waals surface area contributed by atoms with Gasteiger partial charge in [-0.3, -0.25) is 4.79 Å². The largest absolute Gasteiger partial charge is 0.392 e. The molecule has 2 aromatic rings. The Kier molecular flexibility index (Phi) is 5.25. The molecule has 1 atom stereocenters. The van der Waals surface area contributed by atoms with Crippen molar-refractivity contribution in [1.82, 2.24) is 9.88 Å². The lowest BCUT2D eigenvalue weighted by atomic mass is 9.78. The van der Waals surface area contributed by atoms with Crippen LogP contribution in [0.2, 0.25) is 0 Å². The highest BCUT2D eigenvalue weighted by molar-refractivity contribution is 5.87. The van der Waals surface area contributed by atoms with Gasteiger partial charge in [0.2, 0.25) is 5.91 Å². The van der Waals surface area contributed by atoms with Crippen LogP contribution >= 0.6 is 0 Å². The van der Waals surface area contributed by atoms with Crippen LogP contribution in [0.25, 0.3) is 10.9 Å². The van der Waals surface area contributed by atoms with Gasteiger partial charge in [0.25, 0.3) is 0 Å². The number of hydrogen-bond donors (Lipinski definition) is 1. The van der Waals surface area contributed by atoms with E-state index in [9.17, 15) is 9.90 Å². The summed E-state index contributed by atoms with van der Waals surface area (Å²) in [6, 6.07) is 8.13. The molecule has 1 spiro atoms. The summed E-state index contributed by atoms with van der Waals surface area (Å²) in [6.45, 7) is 5.52. The smallest absolute Gasteiger partial charge is 0.230 e. The summed E-state index contributed by atoms with van der Waals surface area (Å²) in [7, 11) is 1.67. The molecule has 0 bridgehead atoms. The number of aromatic nitrogens is 1. The molecule has 0 unspecified atom stereocenters. The average Bonchev–Trinajstić information content (AvgIpc) is 3.13. The van der Waals surface area contributed by atoms with Crippen molar-refractivity contribution in [2.45, 2.75) is 32.8 Å². The molecule has 2 saturated heterocycles. The Hall–Kier alpha value is -2.18. The minimum atomic E-state index is -0.332. The lowest BCUT2D eigenvalue weighted by molar-refractivity contribution is -0.145. The van der Waals surface area contributed by atoms with Gasteiger partial charge in [-0.1, -0.05) is 18.2 Å². The molecule has 2 fully saturated rings. The number of carbonyl (C=O) groups is 1. The van der Waals surface area contributed by atoms with Crippen molar-refractivity contribution >= 4 is 22.6 Å².